The summed E-state index contributed by atoms with van der Waals surface area (Å²) >= 11 is 0. The number of aliphatic hydroxyl groups is 1. The highest BCUT2D eigenvalue weighted by molar-refractivity contribution is 5.69. The van der Waals surface area contributed by atoms with Crippen LogP contribution in [0.1, 0.15) is 45.6 Å². The number of nitrogens with zero attached hydrogens (tertiary/aromatic N) is 1. The number of carbonyl (C=O) groups is 1. The third kappa shape index (κ3) is 4.03. The molecule has 0 unspecified atom stereocenters. The van der Waals surface area contributed by atoms with E-state index in [9.17, 15) is 9.90 Å². The van der Waals surface area contributed by atoms with E-state index in [2.05, 4.69) is 0 Å². The highest BCUT2D eigenvalue weighted by atomic mass is 16.6. The smallest absolute Gasteiger partial charge is 0.410 e. The van der Waals surface area contributed by atoms with Gasteiger partial charge in [0, 0.05) is 13.1 Å². The molecule has 1 aromatic carbocycles. The van der Waals surface area contributed by atoms with Crippen molar-refractivity contribution in [2.75, 3.05) is 13.1 Å². The third-order valence-corrected chi connectivity index (χ3v) is 4.27. The van der Waals surface area contributed by atoms with Crippen molar-refractivity contribution in [3.05, 3.63) is 35.9 Å². The van der Waals surface area contributed by atoms with E-state index < -0.39 is 11.2 Å². The van der Waals surface area contributed by atoms with Crippen LogP contribution in [0.3, 0.4) is 0 Å². The SMILES string of the molecule is CC(C)(C)OC(=O)N1CCCC[C@H]1[C@](O)(CN)c1ccccc1. The van der Waals surface area contributed by atoms with E-state index in [0.29, 0.717) is 13.0 Å². The molecule has 0 spiro atoms. The largest absolute Gasteiger partial charge is 0.444 e. The predicted molar refractivity (Wildman–Crippen MR) is 90.0 cm³/mol. The zero-order valence-corrected chi connectivity index (χ0v) is 14.3. The van der Waals surface area contributed by atoms with Crippen LogP contribution in [0.15, 0.2) is 30.3 Å². The molecule has 1 amide bonds. The fourth-order valence-corrected chi connectivity index (χ4v) is 3.14. The van der Waals surface area contributed by atoms with Crippen molar-refractivity contribution in [3.8, 4) is 0 Å². The Labute approximate surface area is 138 Å². The number of ether oxygens (including phenoxy) is 1. The van der Waals surface area contributed by atoms with E-state index in [0.717, 1.165) is 18.4 Å². The van der Waals surface area contributed by atoms with Gasteiger partial charge in [0.2, 0.25) is 0 Å². The molecule has 1 heterocycles. The Balaban J connectivity index is 2.30. The van der Waals surface area contributed by atoms with Crippen LogP contribution in [0.2, 0.25) is 0 Å². The number of rotatable bonds is 3. The Morgan fingerprint density at radius 1 is 1.30 bits per heavy atom. The molecule has 1 saturated heterocycles. The molecule has 2 atom stereocenters. The molecule has 1 aromatic rings. The molecule has 5 nitrogen and oxygen atoms in total. The third-order valence-electron chi connectivity index (χ3n) is 4.27. The molecule has 1 fully saturated rings. The fourth-order valence-electron chi connectivity index (χ4n) is 3.14. The van der Waals surface area contributed by atoms with Crippen LogP contribution in [0.5, 0.6) is 0 Å². The zero-order valence-electron chi connectivity index (χ0n) is 14.3. The molecule has 2 rings (SSSR count). The maximum absolute atomic E-state index is 12.6. The van der Waals surface area contributed by atoms with Crippen molar-refractivity contribution in [1.82, 2.24) is 4.90 Å². The van der Waals surface area contributed by atoms with Crippen molar-refractivity contribution in [1.29, 1.82) is 0 Å². The summed E-state index contributed by atoms with van der Waals surface area (Å²) in [7, 11) is 0. The van der Waals surface area contributed by atoms with Crippen molar-refractivity contribution in [2.45, 2.75) is 57.3 Å². The Kier molecular flexibility index (Phi) is 5.32. The maximum Gasteiger partial charge on any atom is 0.410 e. The summed E-state index contributed by atoms with van der Waals surface area (Å²) in [6.07, 6.45) is 2.19. The van der Waals surface area contributed by atoms with Gasteiger partial charge in [0.25, 0.3) is 0 Å². The van der Waals surface area contributed by atoms with Gasteiger partial charge in [-0.15, -0.1) is 0 Å². The van der Waals surface area contributed by atoms with Crippen LogP contribution in [-0.2, 0) is 10.3 Å². The molecule has 1 aliphatic rings. The zero-order chi connectivity index (χ0) is 17.1. The Hall–Kier alpha value is -1.59. The topological polar surface area (TPSA) is 75.8 Å². The molecular weight excluding hydrogens is 292 g/mol. The standard InChI is InChI=1S/C18H28N2O3/c1-17(2,3)23-16(21)20-12-8-7-11-15(20)18(22,13-19)14-9-5-4-6-10-14/h4-6,9-10,15,22H,7-8,11-13,19H2,1-3H3/t15-,18-/m0/s1. The summed E-state index contributed by atoms with van der Waals surface area (Å²) in [4.78, 5) is 14.2. The van der Waals surface area contributed by atoms with Gasteiger partial charge in [0.15, 0.2) is 0 Å². The van der Waals surface area contributed by atoms with Crippen LogP contribution in [-0.4, -0.2) is 40.8 Å². The molecule has 128 valence electrons. The summed E-state index contributed by atoms with van der Waals surface area (Å²) in [6.45, 7) is 6.16. The Morgan fingerprint density at radius 3 is 2.52 bits per heavy atom. The van der Waals surface area contributed by atoms with Crippen molar-refractivity contribution in [2.24, 2.45) is 5.73 Å². The molecule has 23 heavy (non-hydrogen) atoms. The van der Waals surface area contributed by atoms with E-state index in [1.165, 1.54) is 0 Å². The second kappa shape index (κ2) is 6.89. The van der Waals surface area contributed by atoms with Gasteiger partial charge >= 0.3 is 6.09 Å². The number of benzene rings is 1. The first-order chi connectivity index (χ1) is 10.8. The van der Waals surface area contributed by atoms with E-state index in [4.69, 9.17) is 10.5 Å². The van der Waals surface area contributed by atoms with Gasteiger partial charge in [-0.1, -0.05) is 30.3 Å². The molecule has 1 aliphatic heterocycles. The lowest BCUT2D eigenvalue weighted by molar-refractivity contribution is -0.0677. The molecule has 0 aliphatic carbocycles. The van der Waals surface area contributed by atoms with Crippen molar-refractivity contribution in [3.63, 3.8) is 0 Å². The maximum atomic E-state index is 12.6. The Morgan fingerprint density at radius 2 is 1.96 bits per heavy atom. The van der Waals surface area contributed by atoms with E-state index in [-0.39, 0.29) is 18.7 Å². The van der Waals surface area contributed by atoms with Gasteiger partial charge in [-0.3, -0.25) is 0 Å². The molecule has 0 aromatic heterocycles. The van der Waals surface area contributed by atoms with Crippen LogP contribution in [0.4, 0.5) is 4.79 Å². The van der Waals surface area contributed by atoms with Crippen LogP contribution < -0.4 is 5.73 Å². The summed E-state index contributed by atoms with van der Waals surface area (Å²) in [6, 6.07) is 8.97. The van der Waals surface area contributed by atoms with Gasteiger partial charge in [-0.25, -0.2) is 4.79 Å². The van der Waals surface area contributed by atoms with E-state index in [1.807, 2.05) is 51.1 Å². The molecule has 3 N–H and O–H groups in total. The van der Waals surface area contributed by atoms with Gasteiger partial charge < -0.3 is 20.5 Å². The molecule has 0 bridgehead atoms. The highest BCUT2D eigenvalue weighted by Crippen LogP contribution is 2.34. The minimum atomic E-state index is -1.27. The summed E-state index contributed by atoms with van der Waals surface area (Å²) in [5, 5.41) is 11.3. The lowest BCUT2D eigenvalue weighted by Gasteiger charge is -2.45. The first-order valence-corrected chi connectivity index (χ1v) is 8.25. The summed E-state index contributed by atoms with van der Waals surface area (Å²) in [5.74, 6) is 0. The minimum Gasteiger partial charge on any atom is -0.444 e. The average molecular weight is 320 g/mol. The number of hydrogen-bond acceptors (Lipinski definition) is 4. The number of amides is 1. The molecule has 5 heteroatoms. The lowest BCUT2D eigenvalue weighted by atomic mass is 9.81. The first kappa shape index (κ1) is 17.8. The fraction of sp³-hybridized carbons (Fsp3) is 0.611. The average Bonchev–Trinajstić information content (AvgIpc) is 2.53. The molecule has 0 saturated carbocycles. The van der Waals surface area contributed by atoms with Gasteiger partial charge in [0.1, 0.15) is 11.2 Å². The molecular formula is C18H28N2O3. The number of nitrogens with two attached hydrogens (primary N) is 1. The number of carbonyl (C=O) groups excluding carboxylic acids is 1. The summed E-state index contributed by atoms with van der Waals surface area (Å²) < 4.78 is 5.52. The Bertz CT molecular complexity index is 527. The highest BCUT2D eigenvalue weighted by Gasteiger charge is 2.44. The van der Waals surface area contributed by atoms with Crippen molar-refractivity contribution >= 4 is 6.09 Å². The second-order valence-electron chi connectivity index (χ2n) is 7.18. The van der Waals surface area contributed by atoms with Gasteiger partial charge in [-0.2, -0.15) is 0 Å². The monoisotopic (exact) mass is 320 g/mol. The van der Waals surface area contributed by atoms with Crippen molar-refractivity contribution < 1.29 is 14.6 Å². The summed E-state index contributed by atoms with van der Waals surface area (Å²) in [5.41, 5.74) is 4.84. The quantitative estimate of drug-likeness (QED) is 0.897. The number of hydrogen-bond donors (Lipinski definition) is 2. The normalized spacial score (nSPS) is 21.6. The predicted octanol–water partition coefficient (Wildman–Crippen LogP) is 2.62. The van der Waals surface area contributed by atoms with E-state index in [1.54, 1.807) is 4.90 Å². The van der Waals surface area contributed by atoms with Gasteiger partial charge in [-0.05, 0) is 45.6 Å². The van der Waals surface area contributed by atoms with Crippen LogP contribution >= 0.6 is 0 Å². The van der Waals surface area contributed by atoms with Gasteiger partial charge in [0.05, 0.1) is 6.04 Å². The van der Waals surface area contributed by atoms with Crippen LogP contribution in [0, 0.1) is 0 Å². The first-order valence-electron chi connectivity index (χ1n) is 8.25. The van der Waals surface area contributed by atoms with E-state index >= 15 is 0 Å². The number of likely N-dealkylation sites (tertiary alicyclic amines) is 1. The molecule has 0 radical (unpaired) electrons. The lowest BCUT2D eigenvalue weighted by Crippen LogP contribution is -2.58. The number of piperidine rings is 1. The van der Waals surface area contributed by atoms with Crippen LogP contribution in [0.25, 0.3) is 0 Å². The second-order valence-corrected chi connectivity index (χ2v) is 7.18. The minimum absolute atomic E-state index is 0.0565.